The minimum Gasteiger partial charge on any atom is -0.383 e. The average molecular weight is 491 g/mol. The lowest BCUT2D eigenvalue weighted by atomic mass is 10.1. The molecule has 0 saturated carbocycles. The molecule has 4 heterocycles. The number of rotatable bonds is 4. The van der Waals surface area contributed by atoms with Gasteiger partial charge < -0.3 is 25.7 Å². The van der Waals surface area contributed by atoms with Gasteiger partial charge in [0.1, 0.15) is 11.6 Å². The molecule has 0 unspecified atom stereocenters. The summed E-state index contributed by atoms with van der Waals surface area (Å²) >= 11 is 6.70. The third kappa shape index (κ3) is 4.67. The molecule has 180 valence electrons. The van der Waals surface area contributed by atoms with E-state index in [1.807, 2.05) is 43.3 Å². The fourth-order valence-electron chi connectivity index (χ4n) is 4.53. The lowest BCUT2D eigenvalue weighted by Crippen LogP contribution is -2.45. The van der Waals surface area contributed by atoms with Crippen LogP contribution in [0.3, 0.4) is 0 Å². The number of morpholine rings is 1. The van der Waals surface area contributed by atoms with Crippen molar-refractivity contribution in [2.24, 2.45) is 0 Å². The van der Waals surface area contributed by atoms with Crippen LogP contribution >= 0.6 is 11.6 Å². The number of benzene rings is 1. The maximum Gasteiger partial charge on any atom is 0.259 e. The third-order valence-corrected chi connectivity index (χ3v) is 6.44. The number of hydrogen-bond donors (Lipinski definition) is 3. The van der Waals surface area contributed by atoms with E-state index in [1.54, 1.807) is 12.4 Å². The summed E-state index contributed by atoms with van der Waals surface area (Å²) in [5.74, 6) is 0.911. The lowest BCUT2D eigenvalue weighted by Gasteiger charge is -2.37. The standard InChI is InChI=1S/C26H27ClN6O2/c1-14-8-18(11-30-24(14)28)21-9-17-6-7-29-26(34)23(17)25(32-21)31-19-4-5-22(20(27)10-19)33-12-15(2)35-16(3)13-33/h4-11,15-16H,12-13H2,1-3H3,(H2,28,30)(H,29,34)(H,31,32)/t15-,16+. The first-order valence-electron chi connectivity index (χ1n) is 11.5. The van der Waals surface area contributed by atoms with Crippen LogP contribution in [0.1, 0.15) is 19.4 Å². The number of aromatic amines is 1. The zero-order chi connectivity index (χ0) is 24.7. The Bertz CT molecular complexity index is 1460. The van der Waals surface area contributed by atoms with Crippen LogP contribution in [-0.4, -0.2) is 40.2 Å². The van der Waals surface area contributed by atoms with Crippen LogP contribution in [0.25, 0.3) is 22.0 Å². The molecule has 1 fully saturated rings. The molecular weight excluding hydrogens is 464 g/mol. The molecule has 5 rings (SSSR count). The van der Waals surface area contributed by atoms with Crippen molar-refractivity contribution in [2.75, 3.05) is 29.0 Å². The third-order valence-electron chi connectivity index (χ3n) is 6.14. The molecule has 0 bridgehead atoms. The molecule has 1 aromatic carbocycles. The SMILES string of the molecule is Cc1cc(-c2cc3cc[nH]c(=O)c3c(Nc3ccc(N4C[C@@H](C)O[C@@H](C)C4)c(Cl)c3)n2)cnc1N. The first-order valence-corrected chi connectivity index (χ1v) is 11.9. The first kappa shape index (κ1) is 23.1. The van der Waals surface area contributed by atoms with Gasteiger partial charge in [-0.2, -0.15) is 0 Å². The van der Waals surface area contributed by atoms with Gasteiger partial charge in [0, 0.05) is 36.7 Å². The Morgan fingerprint density at radius 1 is 1.17 bits per heavy atom. The van der Waals surface area contributed by atoms with Crippen LogP contribution in [0, 0.1) is 6.92 Å². The lowest BCUT2D eigenvalue weighted by molar-refractivity contribution is -0.00520. The van der Waals surface area contributed by atoms with Crippen LogP contribution in [0.2, 0.25) is 5.02 Å². The summed E-state index contributed by atoms with van der Waals surface area (Å²) in [5.41, 5.74) is 9.70. The highest BCUT2D eigenvalue weighted by Gasteiger charge is 2.24. The Labute approximate surface area is 208 Å². The normalized spacial score (nSPS) is 18.1. The van der Waals surface area contributed by atoms with Crippen molar-refractivity contribution in [3.8, 4) is 11.3 Å². The van der Waals surface area contributed by atoms with E-state index in [2.05, 4.69) is 34.0 Å². The Balaban J connectivity index is 1.53. The van der Waals surface area contributed by atoms with Crippen LogP contribution < -0.4 is 21.5 Å². The molecule has 1 aliphatic rings. The van der Waals surface area contributed by atoms with Gasteiger partial charge in [0.05, 0.1) is 34.0 Å². The van der Waals surface area contributed by atoms with E-state index >= 15 is 0 Å². The number of pyridine rings is 3. The number of aryl methyl sites for hydroxylation is 1. The second kappa shape index (κ2) is 9.20. The molecule has 2 atom stereocenters. The Morgan fingerprint density at radius 3 is 2.66 bits per heavy atom. The van der Waals surface area contributed by atoms with Crippen molar-refractivity contribution in [1.82, 2.24) is 15.0 Å². The molecule has 4 N–H and O–H groups in total. The number of nitrogens with one attached hydrogen (secondary N) is 2. The Hall–Kier alpha value is -3.62. The summed E-state index contributed by atoms with van der Waals surface area (Å²) in [7, 11) is 0. The molecule has 0 amide bonds. The highest BCUT2D eigenvalue weighted by atomic mass is 35.5. The van der Waals surface area contributed by atoms with Crippen molar-refractivity contribution in [3.05, 3.63) is 69.7 Å². The molecule has 35 heavy (non-hydrogen) atoms. The summed E-state index contributed by atoms with van der Waals surface area (Å²) < 4.78 is 5.84. The van der Waals surface area contributed by atoms with Gasteiger partial charge in [0.2, 0.25) is 0 Å². The predicted octanol–water partition coefficient (Wildman–Crippen LogP) is 4.89. The highest BCUT2D eigenvalue weighted by Crippen LogP contribution is 2.33. The van der Waals surface area contributed by atoms with Crippen LogP contribution in [-0.2, 0) is 4.74 Å². The minimum atomic E-state index is -0.227. The van der Waals surface area contributed by atoms with Gasteiger partial charge in [0.15, 0.2) is 0 Å². The predicted molar refractivity (Wildman–Crippen MR) is 142 cm³/mol. The van der Waals surface area contributed by atoms with Gasteiger partial charge in [-0.25, -0.2) is 9.97 Å². The number of aromatic nitrogens is 3. The van der Waals surface area contributed by atoms with Crippen molar-refractivity contribution in [3.63, 3.8) is 0 Å². The molecule has 8 nitrogen and oxygen atoms in total. The molecule has 4 aromatic rings. The summed E-state index contributed by atoms with van der Waals surface area (Å²) in [6.07, 6.45) is 3.57. The van der Waals surface area contributed by atoms with Crippen molar-refractivity contribution >= 4 is 45.4 Å². The molecule has 0 radical (unpaired) electrons. The molecule has 1 aliphatic heterocycles. The number of nitrogens with two attached hydrogens (primary N) is 1. The maximum atomic E-state index is 12.7. The van der Waals surface area contributed by atoms with Gasteiger partial charge >= 0.3 is 0 Å². The zero-order valence-electron chi connectivity index (χ0n) is 19.8. The largest absolute Gasteiger partial charge is 0.383 e. The fourth-order valence-corrected chi connectivity index (χ4v) is 4.83. The number of hydrogen-bond acceptors (Lipinski definition) is 7. The summed E-state index contributed by atoms with van der Waals surface area (Å²) in [4.78, 5) is 26.7. The van der Waals surface area contributed by atoms with Gasteiger partial charge in [-0.1, -0.05) is 11.6 Å². The number of nitrogen functional groups attached to an aromatic ring is 1. The first-order chi connectivity index (χ1) is 16.8. The van der Waals surface area contributed by atoms with Crippen LogP contribution in [0.5, 0.6) is 0 Å². The molecule has 9 heteroatoms. The molecule has 1 saturated heterocycles. The molecular formula is C26H27ClN6O2. The fraction of sp³-hybridized carbons (Fsp3) is 0.269. The van der Waals surface area contributed by atoms with Crippen LogP contribution in [0.4, 0.5) is 23.0 Å². The van der Waals surface area contributed by atoms with Crippen molar-refractivity contribution < 1.29 is 4.74 Å². The number of nitrogens with zero attached hydrogens (tertiary/aromatic N) is 3. The monoisotopic (exact) mass is 490 g/mol. The topological polar surface area (TPSA) is 109 Å². The second-order valence-corrected chi connectivity index (χ2v) is 9.41. The highest BCUT2D eigenvalue weighted by molar-refractivity contribution is 6.33. The molecule has 0 aliphatic carbocycles. The van der Waals surface area contributed by atoms with Gasteiger partial charge in [-0.05, 0) is 68.1 Å². The quantitative estimate of drug-likeness (QED) is 0.373. The number of H-pyrrole nitrogens is 1. The number of ether oxygens (including phenoxy) is 1. The van der Waals surface area contributed by atoms with Crippen molar-refractivity contribution in [2.45, 2.75) is 33.0 Å². The van der Waals surface area contributed by atoms with Crippen molar-refractivity contribution in [1.29, 1.82) is 0 Å². The van der Waals surface area contributed by atoms with Gasteiger partial charge in [-0.15, -0.1) is 0 Å². The van der Waals surface area contributed by atoms with E-state index in [-0.39, 0.29) is 17.8 Å². The van der Waals surface area contributed by atoms with E-state index in [1.165, 1.54) is 0 Å². The second-order valence-electron chi connectivity index (χ2n) is 9.01. The smallest absolute Gasteiger partial charge is 0.259 e. The summed E-state index contributed by atoms with van der Waals surface area (Å²) in [6, 6.07) is 11.4. The Kier molecular flexibility index (Phi) is 6.08. The average Bonchev–Trinajstić information content (AvgIpc) is 2.80. The van der Waals surface area contributed by atoms with E-state index in [0.717, 1.165) is 41.0 Å². The number of anilines is 4. The Morgan fingerprint density at radius 2 is 1.94 bits per heavy atom. The van der Waals surface area contributed by atoms with Gasteiger partial charge in [0.25, 0.3) is 5.56 Å². The molecule has 0 spiro atoms. The van der Waals surface area contributed by atoms with E-state index in [0.29, 0.717) is 27.7 Å². The van der Waals surface area contributed by atoms with E-state index < -0.39 is 0 Å². The zero-order valence-corrected chi connectivity index (χ0v) is 20.6. The van der Waals surface area contributed by atoms with Crippen LogP contribution in [0.15, 0.2) is 53.6 Å². The minimum absolute atomic E-state index is 0.129. The maximum absolute atomic E-state index is 12.7. The van der Waals surface area contributed by atoms with E-state index in [4.69, 9.17) is 27.1 Å². The van der Waals surface area contributed by atoms with Gasteiger partial charge in [-0.3, -0.25) is 4.79 Å². The summed E-state index contributed by atoms with van der Waals surface area (Å²) in [6.45, 7) is 7.57. The number of halogens is 1. The summed E-state index contributed by atoms with van der Waals surface area (Å²) in [5, 5.41) is 5.15. The number of fused-ring (bicyclic) bond motifs is 1. The van der Waals surface area contributed by atoms with E-state index in [9.17, 15) is 4.79 Å². The molecule has 3 aromatic heterocycles.